The zero-order valence-electron chi connectivity index (χ0n) is 15.1. The number of likely N-dealkylation sites (tertiary alicyclic amines) is 1. The first-order valence-corrected chi connectivity index (χ1v) is 10.4. The van der Waals surface area contributed by atoms with Gasteiger partial charge in [0.25, 0.3) is 5.91 Å². The predicted molar refractivity (Wildman–Crippen MR) is 103 cm³/mol. The van der Waals surface area contributed by atoms with Crippen molar-refractivity contribution in [3.8, 4) is 0 Å². The van der Waals surface area contributed by atoms with Crippen LogP contribution in [0.15, 0.2) is 29.2 Å². The molecule has 1 aromatic rings. The first-order valence-electron chi connectivity index (χ1n) is 8.78. The Morgan fingerprint density at radius 3 is 2.38 bits per heavy atom. The molecule has 0 saturated carbocycles. The van der Waals surface area contributed by atoms with Crippen LogP contribution in [-0.4, -0.2) is 64.9 Å². The van der Waals surface area contributed by atoms with E-state index in [0.29, 0.717) is 11.0 Å². The van der Waals surface area contributed by atoms with Crippen LogP contribution in [0.4, 0.5) is 0 Å². The Hall–Kier alpha value is -1.15. The van der Waals surface area contributed by atoms with E-state index in [1.54, 1.807) is 12.1 Å². The zero-order chi connectivity index (χ0) is 17.9. The average Bonchev–Trinajstić information content (AvgIpc) is 3.08. The molecule has 0 aromatic heterocycles. The molecular formula is C18H27ClN2O4S. The third-order valence-electron chi connectivity index (χ3n) is 5.46. The van der Waals surface area contributed by atoms with Gasteiger partial charge in [0.2, 0.25) is 0 Å². The number of hydrogen-bond acceptors (Lipinski definition) is 5. The van der Waals surface area contributed by atoms with E-state index in [0.717, 1.165) is 39.0 Å². The van der Waals surface area contributed by atoms with Gasteiger partial charge in [0, 0.05) is 32.3 Å². The molecule has 8 heteroatoms. The third kappa shape index (κ3) is 4.57. The fourth-order valence-corrected chi connectivity index (χ4v) is 4.88. The summed E-state index contributed by atoms with van der Waals surface area (Å²) in [6.45, 7) is 3.84. The highest BCUT2D eigenvalue weighted by atomic mass is 35.5. The van der Waals surface area contributed by atoms with E-state index in [1.165, 1.54) is 25.7 Å². The van der Waals surface area contributed by atoms with E-state index in [1.807, 2.05) is 4.90 Å². The van der Waals surface area contributed by atoms with Gasteiger partial charge in [0.05, 0.1) is 17.3 Å². The molecule has 0 bridgehead atoms. The molecule has 6 nitrogen and oxygen atoms in total. The van der Waals surface area contributed by atoms with Crippen LogP contribution in [0.1, 0.15) is 29.6 Å². The lowest BCUT2D eigenvalue weighted by atomic mass is 9.78. The van der Waals surface area contributed by atoms with E-state index in [9.17, 15) is 13.2 Å². The van der Waals surface area contributed by atoms with E-state index in [4.69, 9.17) is 4.74 Å². The van der Waals surface area contributed by atoms with Crippen molar-refractivity contribution in [3.63, 3.8) is 0 Å². The van der Waals surface area contributed by atoms with Gasteiger partial charge in [-0.25, -0.2) is 8.42 Å². The fraction of sp³-hybridized carbons (Fsp3) is 0.611. The van der Waals surface area contributed by atoms with Crippen LogP contribution in [0.2, 0.25) is 0 Å². The number of halogens is 1. The molecular weight excluding hydrogens is 376 g/mol. The summed E-state index contributed by atoms with van der Waals surface area (Å²) in [4.78, 5) is 14.8. The Labute approximate surface area is 161 Å². The highest BCUT2D eigenvalue weighted by molar-refractivity contribution is 7.91. The molecule has 2 fully saturated rings. The average molecular weight is 403 g/mol. The second kappa shape index (κ2) is 8.69. The smallest absolute Gasteiger partial charge is 0.253 e. The molecule has 1 spiro atoms. The summed E-state index contributed by atoms with van der Waals surface area (Å²) in [6, 6.07) is 6.27. The lowest BCUT2D eigenvalue weighted by molar-refractivity contribution is 0.0607. The third-order valence-corrected chi connectivity index (χ3v) is 7.15. The summed E-state index contributed by atoms with van der Waals surface area (Å²) in [5.41, 5.74) is 0.918. The van der Waals surface area contributed by atoms with Gasteiger partial charge in [-0.2, -0.15) is 0 Å². The molecule has 1 aromatic carbocycles. The first kappa shape index (κ1) is 21.2. The summed E-state index contributed by atoms with van der Waals surface area (Å²) in [7, 11) is -1.89. The van der Waals surface area contributed by atoms with Gasteiger partial charge in [-0.1, -0.05) is 0 Å². The fourth-order valence-electron chi connectivity index (χ4n) is 3.70. The second-order valence-corrected chi connectivity index (χ2v) is 9.16. The van der Waals surface area contributed by atoms with Crippen LogP contribution in [0.5, 0.6) is 0 Å². The van der Waals surface area contributed by atoms with Crippen LogP contribution < -0.4 is 5.32 Å². The second-order valence-electron chi connectivity index (χ2n) is 7.06. The minimum atomic E-state index is -3.36. The van der Waals surface area contributed by atoms with Gasteiger partial charge in [-0.15, -0.1) is 12.4 Å². The van der Waals surface area contributed by atoms with Crippen LogP contribution in [0, 0.1) is 5.41 Å². The molecule has 26 heavy (non-hydrogen) atoms. The van der Waals surface area contributed by atoms with Crippen LogP contribution >= 0.6 is 12.4 Å². The highest BCUT2D eigenvalue weighted by Crippen LogP contribution is 2.37. The minimum absolute atomic E-state index is 0. The summed E-state index contributed by atoms with van der Waals surface area (Å²) >= 11 is 0. The lowest BCUT2D eigenvalue weighted by Crippen LogP contribution is -2.44. The van der Waals surface area contributed by atoms with Gasteiger partial charge >= 0.3 is 0 Å². The summed E-state index contributed by atoms with van der Waals surface area (Å²) < 4.78 is 29.1. The summed E-state index contributed by atoms with van der Waals surface area (Å²) in [5.74, 6) is -0.0689. The van der Waals surface area contributed by atoms with Crippen LogP contribution in [0.3, 0.4) is 0 Å². The van der Waals surface area contributed by atoms with Crippen molar-refractivity contribution in [3.05, 3.63) is 29.8 Å². The molecule has 2 saturated heterocycles. The van der Waals surface area contributed by atoms with Crippen LogP contribution in [0.25, 0.3) is 0 Å². The van der Waals surface area contributed by atoms with Gasteiger partial charge < -0.3 is 15.0 Å². The molecule has 0 radical (unpaired) electrons. The van der Waals surface area contributed by atoms with Crippen molar-refractivity contribution < 1.29 is 17.9 Å². The number of carbonyl (C=O) groups excluding carboxylic acids is 1. The Morgan fingerprint density at radius 2 is 1.85 bits per heavy atom. The molecule has 1 amide bonds. The Balaban J connectivity index is 0.00000243. The number of piperidine rings is 1. The molecule has 146 valence electrons. The number of nitrogens with zero attached hydrogens (tertiary/aromatic N) is 1. The maximum Gasteiger partial charge on any atom is 0.253 e. The van der Waals surface area contributed by atoms with Crippen molar-refractivity contribution in [1.29, 1.82) is 0 Å². The maximum atomic E-state index is 12.7. The van der Waals surface area contributed by atoms with E-state index in [-0.39, 0.29) is 35.6 Å². The number of rotatable bonds is 5. The molecule has 1 N–H and O–H groups in total. The van der Waals surface area contributed by atoms with Gasteiger partial charge in [-0.05, 0) is 55.5 Å². The van der Waals surface area contributed by atoms with Gasteiger partial charge in [0.1, 0.15) is 0 Å². The lowest BCUT2D eigenvalue weighted by Gasteiger charge is -2.38. The summed E-state index contributed by atoms with van der Waals surface area (Å²) in [6.07, 6.45) is 3.27. The minimum Gasteiger partial charge on any atom is -0.384 e. The molecule has 2 aliphatic heterocycles. The van der Waals surface area contributed by atoms with Gasteiger partial charge in [0.15, 0.2) is 9.84 Å². The standard InChI is InChI=1S/C18H26N2O4S.ClH/c1-24-12-13-25(22,23)16-4-2-15(3-5-16)17(21)20-10-7-18(8-11-20)6-9-19-14-18;/h2-5,19H,6-14H2,1H3;1H. The molecule has 3 rings (SSSR count). The van der Waals surface area contributed by atoms with E-state index >= 15 is 0 Å². The van der Waals surface area contributed by atoms with Crippen molar-refractivity contribution in [2.24, 2.45) is 5.41 Å². The summed E-state index contributed by atoms with van der Waals surface area (Å²) in [5, 5.41) is 3.42. The van der Waals surface area contributed by atoms with Crippen molar-refractivity contribution >= 4 is 28.2 Å². The first-order chi connectivity index (χ1) is 12.0. The zero-order valence-corrected chi connectivity index (χ0v) is 16.7. The highest BCUT2D eigenvalue weighted by Gasteiger charge is 2.38. The number of benzene rings is 1. The number of hydrogen-bond donors (Lipinski definition) is 1. The number of sulfone groups is 1. The van der Waals surface area contributed by atoms with E-state index in [2.05, 4.69) is 5.32 Å². The number of nitrogens with one attached hydrogen (secondary N) is 1. The molecule has 0 atom stereocenters. The van der Waals surface area contributed by atoms with E-state index < -0.39 is 9.84 Å². The van der Waals surface area contributed by atoms with Crippen molar-refractivity contribution in [2.45, 2.75) is 24.2 Å². The predicted octanol–water partition coefficient (Wildman–Crippen LogP) is 1.74. The van der Waals surface area contributed by atoms with Crippen LogP contribution in [-0.2, 0) is 14.6 Å². The topological polar surface area (TPSA) is 75.7 Å². The maximum absolute atomic E-state index is 12.7. The van der Waals surface area contributed by atoms with Crippen molar-refractivity contribution in [1.82, 2.24) is 10.2 Å². The Bertz CT molecular complexity index is 705. The Morgan fingerprint density at radius 1 is 1.19 bits per heavy atom. The molecule has 2 heterocycles. The quantitative estimate of drug-likeness (QED) is 0.811. The monoisotopic (exact) mass is 402 g/mol. The number of ether oxygens (including phenoxy) is 1. The van der Waals surface area contributed by atoms with Gasteiger partial charge in [-0.3, -0.25) is 4.79 Å². The largest absolute Gasteiger partial charge is 0.384 e. The Kier molecular flexibility index (Phi) is 7.07. The van der Waals surface area contributed by atoms with Crippen molar-refractivity contribution in [2.75, 3.05) is 45.6 Å². The SMILES string of the molecule is COCCS(=O)(=O)c1ccc(C(=O)N2CCC3(CCNC3)CC2)cc1.Cl. The molecule has 0 aliphatic carbocycles. The number of carbonyl (C=O) groups is 1. The number of amides is 1. The normalized spacial score (nSPS) is 19.3. The number of methoxy groups -OCH3 is 1. The molecule has 0 unspecified atom stereocenters. The molecule has 2 aliphatic rings.